The van der Waals surface area contributed by atoms with Crippen molar-refractivity contribution < 1.29 is 0 Å². The fraction of sp³-hybridized carbons (Fsp3) is 0.680. The predicted octanol–water partition coefficient (Wildman–Crippen LogP) is 8.66. The van der Waals surface area contributed by atoms with Gasteiger partial charge in [-0.05, 0) is 94.8 Å². The summed E-state index contributed by atoms with van der Waals surface area (Å²) in [5.74, 6) is 1.46. The van der Waals surface area contributed by atoms with E-state index in [0.29, 0.717) is 0 Å². The van der Waals surface area contributed by atoms with Gasteiger partial charge in [-0.2, -0.15) is 0 Å². The van der Waals surface area contributed by atoms with Gasteiger partial charge in [0.25, 0.3) is 0 Å². The highest BCUT2D eigenvalue weighted by molar-refractivity contribution is 7.67. The van der Waals surface area contributed by atoms with E-state index in [9.17, 15) is 0 Å². The molecule has 0 saturated heterocycles. The second-order valence-corrected chi connectivity index (χ2v) is 12.5. The largest absolute Gasteiger partial charge is 0.110 e. The predicted molar refractivity (Wildman–Crippen MR) is 129 cm³/mol. The van der Waals surface area contributed by atoms with Crippen molar-refractivity contribution in [1.29, 1.82) is 0 Å². The Morgan fingerprint density at radius 1 is 0.370 bits per heavy atom. The molecule has 0 unspecified atom stereocenters. The lowest BCUT2D eigenvalue weighted by Gasteiger charge is -2.14. The fourth-order valence-corrected chi connectivity index (χ4v) is 14.0. The van der Waals surface area contributed by atoms with E-state index in [4.69, 9.17) is 0 Å². The van der Waals surface area contributed by atoms with Crippen LogP contribution in [0.3, 0.4) is 0 Å². The maximum atomic E-state index is 2.41. The molecule has 0 saturated carbocycles. The number of hydrogen-bond donors (Lipinski definition) is 0. The Bertz CT molecular complexity index is 635. The summed E-state index contributed by atoms with van der Waals surface area (Å²) < 4.78 is 0. The Kier molecular flexibility index (Phi) is 8.77. The van der Waals surface area contributed by atoms with Gasteiger partial charge in [-0.25, -0.2) is 0 Å². The molecule has 152 valence electrons. The van der Waals surface area contributed by atoms with Gasteiger partial charge in [0.2, 0.25) is 0 Å². The van der Waals surface area contributed by atoms with Crippen molar-refractivity contribution in [3.05, 3.63) is 43.4 Å². The molecule has 2 heteroatoms. The van der Waals surface area contributed by atoms with E-state index in [1.165, 1.54) is 57.3 Å². The molecule has 0 spiro atoms. The quantitative estimate of drug-likeness (QED) is 0.371. The maximum Gasteiger partial charge on any atom is 0.0257 e. The molecule has 0 aliphatic heterocycles. The van der Waals surface area contributed by atoms with Gasteiger partial charge in [0.15, 0.2) is 0 Å². The molecule has 0 N–H and O–H groups in total. The van der Waals surface area contributed by atoms with Gasteiger partial charge < -0.3 is 0 Å². The van der Waals surface area contributed by atoms with Crippen LogP contribution >= 0.6 is 15.1 Å². The molecular weight excluding hydrogens is 362 g/mol. The molecule has 2 rings (SSSR count). The summed E-state index contributed by atoms with van der Waals surface area (Å²) >= 11 is 0. The summed E-state index contributed by atoms with van der Waals surface area (Å²) in [5.41, 5.74) is 7.03. The lowest BCUT2D eigenvalue weighted by Crippen LogP contribution is -1.91. The van der Waals surface area contributed by atoms with Crippen LogP contribution < -0.4 is 0 Å². The summed E-state index contributed by atoms with van der Waals surface area (Å²) in [7, 11) is -0.133. The topological polar surface area (TPSA) is 0 Å². The molecule has 0 atom stereocenters. The Balaban J connectivity index is 2.74. The van der Waals surface area contributed by atoms with Crippen LogP contribution in [0.2, 0.25) is 0 Å². The molecule has 0 aromatic carbocycles. The van der Waals surface area contributed by atoms with E-state index in [0.717, 1.165) is 0 Å². The molecule has 0 amide bonds. The third kappa shape index (κ3) is 4.00. The summed E-state index contributed by atoms with van der Waals surface area (Å²) in [6.45, 7) is 19.2. The van der Waals surface area contributed by atoms with Crippen molar-refractivity contribution >= 4 is 15.1 Å². The van der Waals surface area contributed by atoms with E-state index < -0.39 is 0 Å². The third-order valence-electron chi connectivity index (χ3n) is 6.46. The maximum absolute atomic E-state index is 2.41. The van der Waals surface area contributed by atoms with Gasteiger partial charge in [0, 0.05) is 5.90 Å². The zero-order chi connectivity index (χ0) is 20.1. The normalized spacial score (nSPS) is 11.6. The first-order chi connectivity index (χ1) is 13.1. The minimum atomic E-state index is -0.0665. The van der Waals surface area contributed by atoms with Gasteiger partial charge in [-0.15, -0.1) is 15.1 Å². The van der Waals surface area contributed by atoms with Crippen LogP contribution in [0.4, 0.5) is 0 Å². The average molecular weight is 405 g/mol. The van der Waals surface area contributed by atoms with Gasteiger partial charge >= 0.3 is 0 Å². The van der Waals surface area contributed by atoms with Crippen molar-refractivity contribution in [1.82, 2.24) is 0 Å². The van der Waals surface area contributed by atoms with Crippen molar-refractivity contribution in [2.45, 2.75) is 113 Å². The molecule has 2 aromatic heterocycles. The average Bonchev–Trinajstić information content (AvgIpc) is 3.17. The first kappa shape index (κ1) is 22.8. The van der Waals surface area contributed by atoms with Crippen molar-refractivity contribution in [2.24, 2.45) is 0 Å². The molecule has 0 aliphatic rings. The van der Waals surface area contributed by atoms with E-state index in [-0.39, 0.29) is 15.1 Å². The lowest BCUT2D eigenvalue weighted by atomic mass is 10.0. The Hall–Kier alpha value is -0.440. The van der Waals surface area contributed by atoms with E-state index in [1.807, 2.05) is 21.2 Å². The first-order valence-electron chi connectivity index (χ1n) is 11.5. The molecule has 0 nitrogen and oxygen atoms in total. The molecule has 2 heterocycles. The van der Waals surface area contributed by atoms with Crippen molar-refractivity contribution in [3.8, 4) is 0 Å². The summed E-state index contributed by atoms with van der Waals surface area (Å²) in [5, 5.41) is 7.44. The Labute approximate surface area is 171 Å². The second-order valence-electron chi connectivity index (χ2n) is 7.53. The van der Waals surface area contributed by atoms with E-state index in [2.05, 4.69) is 55.4 Å². The summed E-state index contributed by atoms with van der Waals surface area (Å²) in [4.78, 5) is 0. The van der Waals surface area contributed by atoms with Crippen LogP contribution in [0, 0.1) is 0 Å². The molecule has 0 fully saturated rings. The van der Waals surface area contributed by atoms with E-state index >= 15 is 0 Å². The van der Waals surface area contributed by atoms with Crippen LogP contribution in [-0.2, 0) is 57.3 Å². The minimum absolute atomic E-state index is 0.0665. The summed E-state index contributed by atoms with van der Waals surface area (Å²) in [6.07, 6.45) is 10.0. The summed E-state index contributed by atoms with van der Waals surface area (Å²) in [6, 6.07) is 0. The zero-order valence-corrected chi connectivity index (χ0v) is 21.0. The molecule has 0 aliphatic carbocycles. The minimum Gasteiger partial charge on any atom is -0.110 e. The van der Waals surface area contributed by atoms with Gasteiger partial charge in [0.1, 0.15) is 0 Å². The SMILES string of the molecule is CCc1c(CC)c(CC)p(Cp2c(CC)c(CC)c(CC)c2CC)c1CC. The van der Waals surface area contributed by atoms with Crippen LogP contribution in [0.5, 0.6) is 0 Å². The van der Waals surface area contributed by atoms with Gasteiger partial charge in [-0.1, -0.05) is 55.4 Å². The highest BCUT2D eigenvalue weighted by atomic mass is 31.1. The van der Waals surface area contributed by atoms with E-state index in [1.54, 1.807) is 22.3 Å². The van der Waals surface area contributed by atoms with Crippen molar-refractivity contribution in [2.75, 3.05) is 0 Å². The first-order valence-corrected chi connectivity index (χ1v) is 14.6. The number of rotatable bonds is 10. The molecule has 0 bridgehead atoms. The van der Waals surface area contributed by atoms with Crippen LogP contribution in [0.15, 0.2) is 0 Å². The Morgan fingerprint density at radius 2 is 0.593 bits per heavy atom. The highest BCUT2D eigenvalue weighted by Crippen LogP contribution is 2.58. The van der Waals surface area contributed by atoms with Crippen LogP contribution in [0.1, 0.15) is 98.8 Å². The monoisotopic (exact) mass is 404 g/mol. The highest BCUT2D eigenvalue weighted by Gasteiger charge is 2.24. The van der Waals surface area contributed by atoms with Crippen LogP contribution in [-0.4, -0.2) is 0 Å². The number of hydrogen-bond acceptors (Lipinski definition) is 0. The smallest absolute Gasteiger partial charge is 0.0257 e. The van der Waals surface area contributed by atoms with Crippen molar-refractivity contribution in [3.63, 3.8) is 0 Å². The zero-order valence-electron chi connectivity index (χ0n) is 19.3. The fourth-order valence-electron chi connectivity index (χ4n) is 5.44. The Morgan fingerprint density at radius 3 is 0.741 bits per heavy atom. The third-order valence-corrected chi connectivity index (χ3v) is 13.7. The molecular formula is C25H42P2. The van der Waals surface area contributed by atoms with Gasteiger partial charge in [-0.3, -0.25) is 0 Å². The second kappa shape index (κ2) is 10.4. The molecule has 0 radical (unpaired) electrons. The molecule has 27 heavy (non-hydrogen) atoms. The molecule has 2 aromatic rings. The standard InChI is InChI=1S/C25H42P2/c1-9-18-19(10-2)23(14-6)26(22(18)13-5)17-27-24(15-7)20(11-3)21(12-4)25(27)16-8/h9-17H2,1-8H3. The van der Waals surface area contributed by atoms with Crippen LogP contribution in [0.25, 0.3) is 0 Å². The van der Waals surface area contributed by atoms with Gasteiger partial charge in [0.05, 0.1) is 0 Å². The lowest BCUT2D eigenvalue weighted by molar-refractivity contribution is 0.992.